The lowest BCUT2D eigenvalue weighted by atomic mass is 10.2. The molecule has 10 heteroatoms. The summed E-state index contributed by atoms with van der Waals surface area (Å²) in [4.78, 5) is 0.0560. The fraction of sp³-hybridized carbons (Fsp3) is 0.455. The van der Waals surface area contributed by atoms with E-state index in [4.69, 9.17) is 17.3 Å². The maximum atomic E-state index is 12.1. The van der Waals surface area contributed by atoms with Gasteiger partial charge in [0, 0.05) is 13.1 Å². The predicted molar refractivity (Wildman–Crippen MR) is 83.3 cm³/mol. The molecule has 0 aliphatic carbocycles. The summed E-state index contributed by atoms with van der Waals surface area (Å²) in [5.41, 5.74) is 6.27. The van der Waals surface area contributed by atoms with E-state index in [2.05, 4.69) is 9.44 Å². The number of nitrogens with two attached hydrogens (primary N) is 1. The molecule has 0 heterocycles. The van der Waals surface area contributed by atoms with Gasteiger partial charge in [0.2, 0.25) is 20.0 Å². The highest BCUT2D eigenvalue weighted by Crippen LogP contribution is 2.25. The zero-order valence-electron chi connectivity index (χ0n) is 11.7. The van der Waals surface area contributed by atoms with E-state index >= 15 is 0 Å². The third-order valence-corrected chi connectivity index (χ3v) is 5.25. The number of sulfonamides is 2. The van der Waals surface area contributed by atoms with Gasteiger partial charge in [-0.05, 0) is 31.0 Å². The maximum absolute atomic E-state index is 12.1. The summed E-state index contributed by atoms with van der Waals surface area (Å²) in [6.45, 7) is 1.88. The number of aryl methyl sites for hydroxylation is 1. The lowest BCUT2D eigenvalue weighted by Gasteiger charge is -2.11. The topological polar surface area (TPSA) is 118 Å². The Morgan fingerprint density at radius 1 is 1.14 bits per heavy atom. The summed E-state index contributed by atoms with van der Waals surface area (Å²) in [7, 11) is -6.98. The molecular weight excluding hydrogens is 338 g/mol. The molecule has 0 aliphatic rings. The van der Waals surface area contributed by atoms with Gasteiger partial charge in [-0.1, -0.05) is 11.6 Å². The number of nitrogen functional groups attached to an aromatic ring is 1. The molecule has 120 valence electrons. The van der Waals surface area contributed by atoms with E-state index in [1.807, 2.05) is 0 Å². The summed E-state index contributed by atoms with van der Waals surface area (Å²) < 4.78 is 50.6. The van der Waals surface area contributed by atoms with Crippen LogP contribution >= 0.6 is 11.6 Å². The van der Waals surface area contributed by atoms with Crippen LogP contribution in [-0.4, -0.2) is 36.2 Å². The van der Waals surface area contributed by atoms with E-state index in [0.29, 0.717) is 17.0 Å². The van der Waals surface area contributed by atoms with Crippen LogP contribution in [0, 0.1) is 6.92 Å². The third-order valence-electron chi connectivity index (χ3n) is 2.59. The minimum Gasteiger partial charge on any atom is -0.397 e. The van der Waals surface area contributed by atoms with Crippen molar-refractivity contribution in [1.82, 2.24) is 9.44 Å². The Hall–Kier alpha value is -0.870. The molecule has 0 aromatic heterocycles. The smallest absolute Gasteiger partial charge is 0.240 e. The molecule has 0 unspecified atom stereocenters. The average Bonchev–Trinajstić information content (AvgIpc) is 2.31. The third kappa shape index (κ3) is 5.79. The van der Waals surface area contributed by atoms with Crippen LogP contribution in [0.25, 0.3) is 0 Å². The highest BCUT2D eigenvalue weighted by atomic mass is 35.5. The number of nitrogens with one attached hydrogen (secondary N) is 2. The largest absolute Gasteiger partial charge is 0.397 e. The van der Waals surface area contributed by atoms with Crippen molar-refractivity contribution < 1.29 is 16.8 Å². The molecular formula is C11H18ClN3O4S2. The average molecular weight is 356 g/mol. The SMILES string of the molecule is Cc1cc(Cl)c(N)cc1S(=O)(=O)NCCCNS(C)(=O)=O. The first-order valence-corrected chi connectivity index (χ1v) is 9.78. The van der Waals surface area contributed by atoms with Gasteiger partial charge >= 0.3 is 0 Å². The van der Waals surface area contributed by atoms with E-state index in [1.54, 1.807) is 6.92 Å². The Labute approximate surface area is 130 Å². The highest BCUT2D eigenvalue weighted by Gasteiger charge is 2.17. The number of hydrogen-bond donors (Lipinski definition) is 3. The lowest BCUT2D eigenvalue weighted by molar-refractivity contribution is 0.574. The van der Waals surface area contributed by atoms with E-state index in [0.717, 1.165) is 6.26 Å². The minimum absolute atomic E-state index is 0.0560. The van der Waals surface area contributed by atoms with Gasteiger partial charge in [0.25, 0.3) is 0 Å². The molecule has 0 fully saturated rings. The van der Waals surface area contributed by atoms with Gasteiger partial charge in [0.05, 0.1) is 21.9 Å². The Morgan fingerprint density at radius 2 is 1.71 bits per heavy atom. The molecule has 0 spiro atoms. The molecule has 0 saturated carbocycles. The van der Waals surface area contributed by atoms with Crippen molar-refractivity contribution in [3.8, 4) is 0 Å². The molecule has 1 aromatic rings. The summed E-state index contributed by atoms with van der Waals surface area (Å²) in [5, 5.41) is 0.295. The molecule has 0 saturated heterocycles. The number of anilines is 1. The molecule has 0 bridgehead atoms. The molecule has 4 N–H and O–H groups in total. The second-order valence-corrected chi connectivity index (χ2v) is 8.53. The zero-order chi connectivity index (χ0) is 16.3. The van der Waals surface area contributed by atoms with Crippen LogP contribution in [0.3, 0.4) is 0 Å². The second kappa shape index (κ2) is 6.93. The molecule has 0 aliphatic heterocycles. The molecule has 7 nitrogen and oxygen atoms in total. The van der Waals surface area contributed by atoms with Gasteiger partial charge in [-0.3, -0.25) is 0 Å². The lowest BCUT2D eigenvalue weighted by Crippen LogP contribution is -2.29. The van der Waals surface area contributed by atoms with Gasteiger partial charge < -0.3 is 5.73 Å². The van der Waals surface area contributed by atoms with Gasteiger partial charge in [0.15, 0.2) is 0 Å². The van der Waals surface area contributed by atoms with Gasteiger partial charge in [-0.2, -0.15) is 0 Å². The number of hydrogen-bond acceptors (Lipinski definition) is 5. The van der Waals surface area contributed by atoms with Crippen molar-refractivity contribution in [1.29, 1.82) is 0 Å². The minimum atomic E-state index is -3.71. The summed E-state index contributed by atoms with van der Waals surface area (Å²) in [6, 6.07) is 2.78. The Kier molecular flexibility index (Phi) is 6.00. The van der Waals surface area contributed by atoms with Crippen LogP contribution in [0.4, 0.5) is 5.69 Å². The first-order valence-electron chi connectivity index (χ1n) is 6.03. The molecule has 1 aromatic carbocycles. The molecule has 0 radical (unpaired) electrons. The molecule has 21 heavy (non-hydrogen) atoms. The Balaban J connectivity index is 2.68. The fourth-order valence-corrected chi connectivity index (χ4v) is 3.66. The van der Waals surface area contributed by atoms with Crippen LogP contribution in [0.2, 0.25) is 5.02 Å². The fourth-order valence-electron chi connectivity index (χ4n) is 1.59. The van der Waals surface area contributed by atoms with Crippen molar-refractivity contribution in [2.45, 2.75) is 18.2 Å². The number of rotatable bonds is 7. The van der Waals surface area contributed by atoms with Crippen molar-refractivity contribution in [3.63, 3.8) is 0 Å². The summed E-state index contributed by atoms with van der Waals surface area (Å²) in [5.74, 6) is 0. The van der Waals surface area contributed by atoms with Crippen molar-refractivity contribution >= 4 is 37.3 Å². The van der Waals surface area contributed by atoms with Crippen LogP contribution in [-0.2, 0) is 20.0 Å². The van der Waals surface area contributed by atoms with E-state index in [-0.39, 0.29) is 23.7 Å². The van der Waals surface area contributed by atoms with Crippen LogP contribution in [0.1, 0.15) is 12.0 Å². The van der Waals surface area contributed by atoms with Crippen molar-refractivity contribution in [2.75, 3.05) is 25.1 Å². The summed E-state index contributed by atoms with van der Waals surface area (Å²) in [6.07, 6.45) is 1.37. The highest BCUT2D eigenvalue weighted by molar-refractivity contribution is 7.89. The monoisotopic (exact) mass is 355 g/mol. The summed E-state index contributed by atoms with van der Waals surface area (Å²) >= 11 is 5.82. The van der Waals surface area contributed by atoms with Gasteiger partial charge in [0.1, 0.15) is 0 Å². The molecule has 1 rings (SSSR count). The van der Waals surface area contributed by atoms with Gasteiger partial charge in [-0.25, -0.2) is 26.3 Å². The first kappa shape index (κ1) is 18.2. The second-order valence-electron chi connectivity index (χ2n) is 4.56. The maximum Gasteiger partial charge on any atom is 0.240 e. The van der Waals surface area contributed by atoms with Crippen LogP contribution in [0.5, 0.6) is 0 Å². The standard InChI is InChI=1S/C11H18ClN3O4S2/c1-8-6-9(12)10(13)7-11(8)21(18,19)15-5-3-4-14-20(2,16)17/h6-7,14-15H,3-5,13H2,1-2H3. The Bertz CT molecular complexity index is 717. The van der Waals surface area contributed by atoms with Crippen molar-refractivity contribution in [2.24, 2.45) is 0 Å². The van der Waals surface area contributed by atoms with E-state index in [9.17, 15) is 16.8 Å². The number of benzene rings is 1. The Morgan fingerprint density at radius 3 is 2.29 bits per heavy atom. The molecule has 0 atom stereocenters. The van der Waals surface area contributed by atoms with E-state index in [1.165, 1.54) is 12.1 Å². The normalized spacial score (nSPS) is 12.5. The first-order chi connectivity index (χ1) is 9.53. The van der Waals surface area contributed by atoms with E-state index < -0.39 is 20.0 Å². The predicted octanol–water partition coefficient (Wildman–Crippen LogP) is 0.448. The number of halogens is 1. The van der Waals surface area contributed by atoms with Crippen molar-refractivity contribution in [3.05, 3.63) is 22.7 Å². The van der Waals surface area contributed by atoms with Crippen LogP contribution < -0.4 is 15.2 Å². The van der Waals surface area contributed by atoms with Crippen LogP contribution in [0.15, 0.2) is 17.0 Å². The quantitative estimate of drug-likeness (QED) is 0.484. The molecule has 0 amide bonds. The van der Waals surface area contributed by atoms with Gasteiger partial charge in [-0.15, -0.1) is 0 Å². The zero-order valence-corrected chi connectivity index (χ0v) is 14.1.